The number of ether oxygens (including phenoxy) is 1. The largest absolute Gasteiger partial charge is 0.507 e. The molecule has 1 aliphatic rings. The first-order chi connectivity index (χ1) is 14.5. The third-order valence-corrected chi connectivity index (χ3v) is 5.03. The number of ketones is 1. The van der Waals surface area contributed by atoms with E-state index in [-0.39, 0.29) is 16.9 Å². The maximum absolute atomic E-state index is 13.3. The van der Waals surface area contributed by atoms with Crippen LogP contribution in [-0.2, 0) is 9.59 Å². The number of carbonyl (C=O) groups is 2. The lowest BCUT2D eigenvalue weighted by atomic mass is 9.94. The van der Waals surface area contributed by atoms with Gasteiger partial charge in [-0.1, -0.05) is 36.4 Å². The summed E-state index contributed by atoms with van der Waals surface area (Å²) in [5.41, 5.74) is 1.21. The number of anilines is 1. The molecule has 30 heavy (non-hydrogen) atoms. The average molecular weight is 403 g/mol. The number of nitrogens with zero attached hydrogens (tertiary/aromatic N) is 1. The van der Waals surface area contributed by atoms with Gasteiger partial charge in [0.25, 0.3) is 11.7 Å². The Morgan fingerprint density at radius 3 is 2.23 bits per heavy atom. The maximum atomic E-state index is 13.3. The Balaban J connectivity index is 1.98. The molecule has 3 aromatic rings. The van der Waals surface area contributed by atoms with E-state index in [1.54, 1.807) is 54.6 Å². The average Bonchev–Trinajstić information content (AvgIpc) is 3.04. The molecule has 1 N–H and O–H groups in total. The zero-order valence-corrected chi connectivity index (χ0v) is 16.1. The molecular weight excluding hydrogens is 385 g/mol. The van der Waals surface area contributed by atoms with Crippen LogP contribution in [-0.4, -0.2) is 23.9 Å². The highest BCUT2D eigenvalue weighted by molar-refractivity contribution is 6.51. The molecule has 1 fully saturated rings. The molecular formula is C24H18FNO4. The predicted molar refractivity (Wildman–Crippen MR) is 111 cm³/mol. The number of benzene rings is 3. The van der Waals surface area contributed by atoms with Crippen LogP contribution in [0.15, 0.2) is 84.4 Å². The molecule has 1 aliphatic heterocycles. The van der Waals surface area contributed by atoms with Crippen molar-refractivity contribution in [1.82, 2.24) is 0 Å². The number of Topliss-reactive ketones (excluding diaryl/α,β-unsaturated/α-hetero) is 1. The molecule has 0 aromatic heterocycles. The Kier molecular flexibility index (Phi) is 5.06. The van der Waals surface area contributed by atoms with Crippen LogP contribution in [0.2, 0.25) is 0 Å². The molecule has 0 spiro atoms. The smallest absolute Gasteiger partial charge is 0.300 e. The predicted octanol–water partition coefficient (Wildman–Crippen LogP) is 4.46. The Bertz CT molecular complexity index is 1140. The molecule has 0 aliphatic carbocycles. The maximum Gasteiger partial charge on any atom is 0.300 e. The van der Waals surface area contributed by atoms with Crippen LogP contribution in [0.4, 0.5) is 10.1 Å². The molecule has 1 amide bonds. The van der Waals surface area contributed by atoms with E-state index in [0.717, 1.165) is 0 Å². The number of para-hydroxylation sites is 2. The standard InChI is InChI=1S/C24H18FNO4/c1-30-19-10-6-5-9-18(19)21-20(22(27)15-11-13-16(25)14-12-15)23(28)24(29)26(21)17-7-3-2-4-8-17/h2-14,21,27H,1H3. The van der Waals surface area contributed by atoms with Crippen LogP contribution in [0, 0.1) is 5.82 Å². The van der Waals surface area contributed by atoms with Gasteiger partial charge in [-0.15, -0.1) is 0 Å². The first-order valence-corrected chi connectivity index (χ1v) is 9.28. The van der Waals surface area contributed by atoms with Gasteiger partial charge in [-0.2, -0.15) is 0 Å². The molecule has 1 atom stereocenters. The van der Waals surface area contributed by atoms with Gasteiger partial charge in [0, 0.05) is 16.8 Å². The summed E-state index contributed by atoms with van der Waals surface area (Å²) in [4.78, 5) is 27.4. The number of hydrogen-bond donors (Lipinski definition) is 1. The van der Waals surface area contributed by atoms with Gasteiger partial charge in [0.15, 0.2) is 0 Å². The van der Waals surface area contributed by atoms with Gasteiger partial charge in [0.05, 0.1) is 18.7 Å². The Morgan fingerprint density at radius 1 is 0.933 bits per heavy atom. The summed E-state index contributed by atoms with van der Waals surface area (Å²) in [5.74, 6) is -1.96. The highest BCUT2D eigenvalue weighted by Gasteiger charge is 2.47. The van der Waals surface area contributed by atoms with E-state index in [1.165, 1.54) is 36.3 Å². The summed E-state index contributed by atoms with van der Waals surface area (Å²) in [6.45, 7) is 0. The first-order valence-electron chi connectivity index (χ1n) is 9.28. The molecule has 0 bridgehead atoms. The molecule has 150 valence electrons. The van der Waals surface area contributed by atoms with Crippen LogP contribution in [0.25, 0.3) is 5.76 Å². The highest BCUT2D eigenvalue weighted by atomic mass is 19.1. The van der Waals surface area contributed by atoms with Gasteiger partial charge in [0.2, 0.25) is 0 Å². The minimum atomic E-state index is -0.909. The molecule has 1 saturated heterocycles. The van der Waals surface area contributed by atoms with E-state index >= 15 is 0 Å². The molecule has 1 unspecified atom stereocenters. The van der Waals surface area contributed by atoms with Crippen molar-refractivity contribution in [3.8, 4) is 5.75 Å². The minimum Gasteiger partial charge on any atom is -0.507 e. The number of amides is 1. The summed E-state index contributed by atoms with van der Waals surface area (Å²) in [5, 5.41) is 11.0. The summed E-state index contributed by atoms with van der Waals surface area (Å²) in [6.07, 6.45) is 0. The molecule has 0 radical (unpaired) electrons. The van der Waals surface area contributed by atoms with Crippen molar-refractivity contribution in [2.75, 3.05) is 12.0 Å². The van der Waals surface area contributed by atoms with Crippen LogP contribution in [0.3, 0.4) is 0 Å². The lowest BCUT2D eigenvalue weighted by Crippen LogP contribution is -2.29. The molecule has 5 nitrogen and oxygen atoms in total. The summed E-state index contributed by atoms with van der Waals surface area (Å²) >= 11 is 0. The lowest BCUT2D eigenvalue weighted by Gasteiger charge is -2.26. The van der Waals surface area contributed by atoms with E-state index in [1.807, 2.05) is 0 Å². The number of rotatable bonds is 4. The molecule has 6 heteroatoms. The molecule has 0 saturated carbocycles. The van der Waals surface area contributed by atoms with E-state index in [4.69, 9.17) is 4.74 Å². The fourth-order valence-electron chi connectivity index (χ4n) is 3.64. The van der Waals surface area contributed by atoms with Gasteiger partial charge >= 0.3 is 0 Å². The SMILES string of the molecule is COc1ccccc1C1C(=C(O)c2ccc(F)cc2)C(=O)C(=O)N1c1ccccc1. The van der Waals surface area contributed by atoms with E-state index in [9.17, 15) is 19.1 Å². The van der Waals surface area contributed by atoms with Crippen LogP contribution < -0.4 is 9.64 Å². The van der Waals surface area contributed by atoms with Crippen molar-refractivity contribution in [3.05, 3.63) is 101 Å². The quantitative estimate of drug-likeness (QED) is 0.397. The Hall–Kier alpha value is -3.93. The van der Waals surface area contributed by atoms with Crippen molar-refractivity contribution in [1.29, 1.82) is 0 Å². The zero-order valence-electron chi connectivity index (χ0n) is 16.1. The lowest BCUT2D eigenvalue weighted by molar-refractivity contribution is -0.132. The second kappa shape index (κ2) is 7.83. The summed E-state index contributed by atoms with van der Waals surface area (Å²) < 4.78 is 18.8. The monoisotopic (exact) mass is 403 g/mol. The van der Waals surface area contributed by atoms with Crippen LogP contribution in [0.1, 0.15) is 17.2 Å². The number of halogens is 1. The van der Waals surface area contributed by atoms with Crippen molar-refractivity contribution in [2.45, 2.75) is 6.04 Å². The fraction of sp³-hybridized carbons (Fsp3) is 0.0833. The van der Waals surface area contributed by atoms with Gasteiger partial charge in [0.1, 0.15) is 17.3 Å². The minimum absolute atomic E-state index is 0.0834. The highest BCUT2D eigenvalue weighted by Crippen LogP contribution is 2.44. The number of aliphatic hydroxyl groups is 1. The number of methoxy groups -OCH3 is 1. The van der Waals surface area contributed by atoms with E-state index in [2.05, 4.69) is 0 Å². The number of hydrogen-bond acceptors (Lipinski definition) is 4. The van der Waals surface area contributed by atoms with Crippen molar-refractivity contribution in [2.24, 2.45) is 0 Å². The van der Waals surface area contributed by atoms with Crippen molar-refractivity contribution < 1.29 is 23.8 Å². The normalized spacial score (nSPS) is 17.9. The third-order valence-electron chi connectivity index (χ3n) is 5.03. The van der Waals surface area contributed by atoms with Crippen LogP contribution in [0.5, 0.6) is 5.75 Å². The van der Waals surface area contributed by atoms with E-state index in [0.29, 0.717) is 17.0 Å². The van der Waals surface area contributed by atoms with Crippen LogP contribution >= 0.6 is 0 Å². The molecule has 1 heterocycles. The second-order valence-corrected chi connectivity index (χ2v) is 6.75. The zero-order chi connectivity index (χ0) is 21.3. The summed E-state index contributed by atoms with van der Waals surface area (Å²) in [7, 11) is 1.49. The van der Waals surface area contributed by atoms with E-state index < -0.39 is 23.5 Å². The molecule has 4 rings (SSSR count). The third kappa shape index (κ3) is 3.22. The Morgan fingerprint density at radius 2 is 1.57 bits per heavy atom. The molecule has 3 aromatic carbocycles. The van der Waals surface area contributed by atoms with Gasteiger partial charge in [-0.3, -0.25) is 14.5 Å². The fourth-order valence-corrected chi connectivity index (χ4v) is 3.64. The van der Waals surface area contributed by atoms with Gasteiger partial charge in [-0.25, -0.2) is 4.39 Å². The van der Waals surface area contributed by atoms with Gasteiger partial charge in [-0.05, 0) is 42.5 Å². The Labute approximate surface area is 172 Å². The second-order valence-electron chi connectivity index (χ2n) is 6.75. The van der Waals surface area contributed by atoms with Gasteiger partial charge < -0.3 is 9.84 Å². The van der Waals surface area contributed by atoms with Crippen molar-refractivity contribution in [3.63, 3.8) is 0 Å². The number of aliphatic hydroxyl groups excluding tert-OH is 1. The first kappa shape index (κ1) is 19.4. The van der Waals surface area contributed by atoms with Crippen molar-refractivity contribution >= 4 is 23.1 Å². The summed E-state index contributed by atoms with van der Waals surface area (Å²) in [6, 6.07) is 19.9. The number of carbonyl (C=O) groups excluding carboxylic acids is 2. The topological polar surface area (TPSA) is 66.8 Å².